The van der Waals surface area contributed by atoms with Gasteiger partial charge in [-0.15, -0.1) is 0 Å². The lowest BCUT2D eigenvalue weighted by molar-refractivity contribution is 0.00164. The fourth-order valence-electron chi connectivity index (χ4n) is 5.53. The number of nitrogens with zero attached hydrogens (tertiary/aromatic N) is 3. The molecule has 1 aliphatic heterocycles. The van der Waals surface area contributed by atoms with E-state index in [0.717, 1.165) is 68.4 Å². The van der Waals surface area contributed by atoms with Crippen molar-refractivity contribution in [3.63, 3.8) is 0 Å². The second-order valence-electron chi connectivity index (χ2n) is 9.51. The van der Waals surface area contributed by atoms with E-state index in [9.17, 15) is 0 Å². The first-order chi connectivity index (χ1) is 16.0. The fraction of sp³-hybridized carbons (Fsp3) is 0.346. The Bertz CT molecular complexity index is 1340. The molecule has 2 N–H and O–H groups in total. The molecule has 2 fully saturated rings. The van der Waals surface area contributed by atoms with Crippen LogP contribution in [0.5, 0.6) is 5.75 Å². The molecule has 169 valence electrons. The molecule has 0 atom stereocenters. The standard InChI is InChI=1S/C26H27ClN5O/c1-4-33-19-7-5-17(6-8-19)25-22(23-20-12-29-30-21(20)9-15(2)24(23)27)16(3)32(31-25)18-10-26(11-18)13-28-14-26/h5-9,12,18,28H,1,4,10-11,13-14H2,2-3H3,(H,29,30). The summed E-state index contributed by atoms with van der Waals surface area (Å²) in [4.78, 5) is 0. The van der Waals surface area contributed by atoms with Gasteiger partial charge in [-0.25, -0.2) is 0 Å². The van der Waals surface area contributed by atoms with Crippen LogP contribution in [0.2, 0.25) is 5.02 Å². The molecular weight excluding hydrogens is 434 g/mol. The summed E-state index contributed by atoms with van der Waals surface area (Å²) in [5.74, 6) is 0.802. The van der Waals surface area contributed by atoms with Gasteiger partial charge in [-0.2, -0.15) is 10.2 Å². The van der Waals surface area contributed by atoms with Gasteiger partial charge >= 0.3 is 0 Å². The van der Waals surface area contributed by atoms with E-state index in [1.807, 2.05) is 25.3 Å². The number of nitrogens with one attached hydrogen (secondary N) is 2. The summed E-state index contributed by atoms with van der Waals surface area (Å²) in [6, 6.07) is 10.5. The highest BCUT2D eigenvalue weighted by atomic mass is 35.5. The van der Waals surface area contributed by atoms with Crippen molar-refractivity contribution in [3.8, 4) is 28.1 Å². The Hall–Kier alpha value is -2.83. The van der Waals surface area contributed by atoms with Crippen LogP contribution in [0.15, 0.2) is 36.5 Å². The van der Waals surface area contributed by atoms with Gasteiger partial charge in [0.15, 0.2) is 0 Å². The number of aromatic nitrogens is 4. The van der Waals surface area contributed by atoms with Crippen LogP contribution < -0.4 is 10.1 Å². The molecule has 6 rings (SSSR count). The summed E-state index contributed by atoms with van der Waals surface area (Å²) in [6.45, 7) is 10.6. The minimum atomic E-state index is 0.397. The summed E-state index contributed by atoms with van der Waals surface area (Å²) in [5.41, 5.74) is 7.66. The van der Waals surface area contributed by atoms with Crippen molar-refractivity contribution in [1.82, 2.24) is 25.3 Å². The molecule has 1 radical (unpaired) electrons. The average molecular weight is 461 g/mol. The number of halogens is 1. The molecule has 4 aromatic rings. The number of ether oxygens (including phenoxy) is 1. The Morgan fingerprint density at radius 1 is 1.18 bits per heavy atom. The molecule has 0 amide bonds. The van der Waals surface area contributed by atoms with Crippen LogP contribution in [0.25, 0.3) is 33.3 Å². The largest absolute Gasteiger partial charge is 0.494 e. The smallest absolute Gasteiger partial charge is 0.119 e. The molecule has 1 saturated heterocycles. The van der Waals surface area contributed by atoms with Crippen molar-refractivity contribution in [1.29, 1.82) is 0 Å². The molecule has 0 bridgehead atoms. The molecule has 1 aliphatic carbocycles. The van der Waals surface area contributed by atoms with Gasteiger partial charge in [-0.1, -0.05) is 11.6 Å². The van der Waals surface area contributed by atoms with Crippen LogP contribution in [-0.4, -0.2) is 39.7 Å². The van der Waals surface area contributed by atoms with E-state index >= 15 is 0 Å². The highest BCUT2D eigenvalue weighted by Crippen LogP contribution is 2.53. The Morgan fingerprint density at radius 3 is 2.61 bits per heavy atom. The molecular formula is C26H27ClN5O. The number of aryl methyl sites for hydroxylation is 1. The van der Waals surface area contributed by atoms with Gasteiger partial charge in [-0.05, 0) is 74.9 Å². The van der Waals surface area contributed by atoms with Crippen LogP contribution in [0.3, 0.4) is 0 Å². The van der Waals surface area contributed by atoms with Crippen molar-refractivity contribution in [2.75, 3.05) is 19.7 Å². The number of hydrogen-bond acceptors (Lipinski definition) is 4. The van der Waals surface area contributed by atoms with Crippen LogP contribution >= 0.6 is 11.6 Å². The molecule has 2 aromatic heterocycles. The van der Waals surface area contributed by atoms with Crippen molar-refractivity contribution >= 4 is 22.5 Å². The quantitative estimate of drug-likeness (QED) is 0.412. The van der Waals surface area contributed by atoms with Crippen molar-refractivity contribution < 1.29 is 4.74 Å². The lowest BCUT2D eigenvalue weighted by atomic mass is 9.61. The van der Waals surface area contributed by atoms with E-state index in [0.29, 0.717) is 18.1 Å². The van der Waals surface area contributed by atoms with Crippen molar-refractivity contribution in [2.24, 2.45) is 5.41 Å². The first kappa shape index (κ1) is 20.8. The first-order valence-corrected chi connectivity index (χ1v) is 11.8. The third kappa shape index (κ3) is 3.19. The van der Waals surface area contributed by atoms with Crippen LogP contribution in [-0.2, 0) is 0 Å². The maximum Gasteiger partial charge on any atom is 0.119 e. The molecule has 3 heterocycles. The second-order valence-corrected chi connectivity index (χ2v) is 9.88. The Labute approximate surface area is 198 Å². The Balaban J connectivity index is 1.54. The average Bonchev–Trinajstić information content (AvgIpc) is 3.33. The summed E-state index contributed by atoms with van der Waals surface area (Å²) in [6.07, 6.45) is 4.20. The van der Waals surface area contributed by atoms with E-state index in [4.69, 9.17) is 21.4 Å². The molecule has 1 saturated carbocycles. The maximum absolute atomic E-state index is 6.96. The molecule has 33 heavy (non-hydrogen) atoms. The van der Waals surface area contributed by atoms with Crippen molar-refractivity contribution in [2.45, 2.75) is 32.7 Å². The molecule has 6 nitrogen and oxygen atoms in total. The van der Waals surface area contributed by atoms with E-state index in [1.54, 1.807) is 0 Å². The minimum Gasteiger partial charge on any atom is -0.494 e. The predicted molar refractivity (Wildman–Crippen MR) is 132 cm³/mol. The zero-order valence-electron chi connectivity index (χ0n) is 18.9. The van der Waals surface area contributed by atoms with Crippen LogP contribution in [0.4, 0.5) is 0 Å². The van der Waals surface area contributed by atoms with Gasteiger partial charge in [0, 0.05) is 40.9 Å². The second kappa shape index (κ2) is 7.61. The minimum absolute atomic E-state index is 0.397. The number of rotatable bonds is 5. The lowest BCUT2D eigenvalue weighted by Crippen LogP contribution is -2.60. The number of fused-ring (bicyclic) bond motifs is 1. The molecule has 0 unspecified atom stereocenters. The van der Waals surface area contributed by atoms with Gasteiger partial charge < -0.3 is 10.1 Å². The fourth-order valence-corrected chi connectivity index (χ4v) is 5.78. The molecule has 1 spiro atoms. The topological polar surface area (TPSA) is 67.8 Å². The lowest BCUT2D eigenvalue weighted by Gasteiger charge is -2.54. The van der Waals surface area contributed by atoms with E-state index in [-0.39, 0.29) is 0 Å². The molecule has 2 aliphatic rings. The van der Waals surface area contributed by atoms with Crippen LogP contribution in [0, 0.1) is 26.2 Å². The Kier molecular flexibility index (Phi) is 4.78. The van der Waals surface area contributed by atoms with E-state index in [1.165, 1.54) is 12.8 Å². The Morgan fingerprint density at radius 2 is 1.94 bits per heavy atom. The summed E-state index contributed by atoms with van der Waals surface area (Å²) < 4.78 is 7.79. The highest BCUT2D eigenvalue weighted by Gasteiger charge is 2.50. The third-order valence-electron chi connectivity index (χ3n) is 7.34. The number of benzene rings is 2. The van der Waals surface area contributed by atoms with Gasteiger partial charge in [0.05, 0.1) is 29.4 Å². The van der Waals surface area contributed by atoms with Gasteiger partial charge in [0.2, 0.25) is 0 Å². The highest BCUT2D eigenvalue weighted by molar-refractivity contribution is 6.36. The zero-order valence-corrected chi connectivity index (χ0v) is 19.7. The van der Waals surface area contributed by atoms with Crippen LogP contribution in [0.1, 0.15) is 30.1 Å². The molecule has 7 heteroatoms. The van der Waals surface area contributed by atoms with Crippen molar-refractivity contribution in [3.05, 3.63) is 59.7 Å². The normalized spacial score (nSPS) is 17.3. The summed E-state index contributed by atoms with van der Waals surface area (Å²) in [7, 11) is 0. The number of H-pyrrole nitrogens is 1. The van der Waals surface area contributed by atoms with Gasteiger partial charge in [0.25, 0.3) is 0 Å². The number of hydrogen-bond donors (Lipinski definition) is 2. The third-order valence-corrected chi connectivity index (χ3v) is 7.83. The van der Waals surface area contributed by atoms with Gasteiger partial charge in [-0.3, -0.25) is 9.78 Å². The summed E-state index contributed by atoms with van der Waals surface area (Å²) in [5, 5.41) is 17.8. The zero-order chi connectivity index (χ0) is 22.7. The van der Waals surface area contributed by atoms with Gasteiger partial charge in [0.1, 0.15) is 11.4 Å². The van der Waals surface area contributed by atoms with E-state index < -0.39 is 0 Å². The van der Waals surface area contributed by atoms with E-state index in [2.05, 4.69) is 52.2 Å². The summed E-state index contributed by atoms with van der Waals surface area (Å²) >= 11 is 6.96. The predicted octanol–water partition coefficient (Wildman–Crippen LogP) is 5.50. The molecule has 2 aromatic carbocycles. The SMILES string of the molecule is [CH2]COc1ccc(-c2nn(C3CC4(CNC4)C3)c(C)c2-c2c(Cl)c(C)cc3[nH]ncc23)cc1. The first-order valence-electron chi connectivity index (χ1n) is 11.4. The maximum atomic E-state index is 6.96. The monoisotopic (exact) mass is 460 g/mol. The number of aromatic amines is 1.